The van der Waals surface area contributed by atoms with Crippen molar-refractivity contribution in [2.75, 3.05) is 27.2 Å². The third-order valence-electron chi connectivity index (χ3n) is 2.29. The minimum atomic E-state index is -3.48. The van der Waals surface area contributed by atoms with Crippen molar-refractivity contribution in [3.8, 4) is 5.75 Å². The standard InChI is InChI=1S/C11H17BrN2O3S/c1-13-4-3-5-14-18(15,16)11-7-9(12)6-10(8-11)17-2/h6-8,13-14H,3-5H2,1-2H3. The normalized spacial score (nSPS) is 11.5. The first kappa shape index (κ1) is 15.4. The molecule has 0 saturated heterocycles. The van der Waals surface area contributed by atoms with Gasteiger partial charge in [0.2, 0.25) is 10.0 Å². The Bertz CT molecular complexity index is 491. The van der Waals surface area contributed by atoms with Gasteiger partial charge in [-0.2, -0.15) is 0 Å². The summed E-state index contributed by atoms with van der Waals surface area (Å²) in [6.45, 7) is 1.17. The smallest absolute Gasteiger partial charge is 0.240 e. The zero-order chi connectivity index (χ0) is 13.6. The fourth-order valence-corrected chi connectivity index (χ4v) is 3.12. The molecule has 2 N–H and O–H groups in total. The van der Waals surface area contributed by atoms with E-state index in [0.717, 1.165) is 13.0 Å². The molecule has 1 rings (SSSR count). The molecule has 0 aliphatic carbocycles. The Morgan fingerprint density at radius 3 is 2.61 bits per heavy atom. The molecule has 0 spiro atoms. The summed E-state index contributed by atoms with van der Waals surface area (Å²) in [7, 11) is -0.158. The highest BCUT2D eigenvalue weighted by atomic mass is 79.9. The van der Waals surface area contributed by atoms with Crippen molar-refractivity contribution in [2.45, 2.75) is 11.3 Å². The summed E-state index contributed by atoms with van der Waals surface area (Å²) < 4.78 is 32.3. The molecule has 0 radical (unpaired) electrons. The van der Waals surface area contributed by atoms with E-state index in [-0.39, 0.29) is 4.90 Å². The van der Waals surface area contributed by atoms with E-state index in [9.17, 15) is 8.42 Å². The van der Waals surface area contributed by atoms with Gasteiger partial charge in [0.05, 0.1) is 12.0 Å². The lowest BCUT2D eigenvalue weighted by molar-refractivity contribution is 0.413. The maximum atomic E-state index is 12.0. The van der Waals surface area contributed by atoms with Crippen LogP contribution in [0.4, 0.5) is 0 Å². The van der Waals surface area contributed by atoms with Crippen LogP contribution in [0.15, 0.2) is 27.6 Å². The Morgan fingerprint density at radius 2 is 2.00 bits per heavy atom. The molecule has 0 unspecified atom stereocenters. The lowest BCUT2D eigenvalue weighted by atomic mass is 10.3. The highest BCUT2D eigenvalue weighted by molar-refractivity contribution is 9.10. The van der Waals surface area contributed by atoms with E-state index in [0.29, 0.717) is 16.8 Å². The second kappa shape index (κ2) is 7.08. The molecular weight excluding hydrogens is 320 g/mol. The maximum Gasteiger partial charge on any atom is 0.240 e. The van der Waals surface area contributed by atoms with Gasteiger partial charge in [-0.3, -0.25) is 0 Å². The predicted molar refractivity (Wildman–Crippen MR) is 74.4 cm³/mol. The molecule has 5 nitrogen and oxygen atoms in total. The van der Waals surface area contributed by atoms with Crippen molar-refractivity contribution in [2.24, 2.45) is 0 Å². The highest BCUT2D eigenvalue weighted by Crippen LogP contribution is 2.23. The van der Waals surface area contributed by atoms with Crippen LogP contribution in [0.25, 0.3) is 0 Å². The van der Waals surface area contributed by atoms with Crippen molar-refractivity contribution in [3.05, 3.63) is 22.7 Å². The van der Waals surface area contributed by atoms with Gasteiger partial charge >= 0.3 is 0 Å². The van der Waals surface area contributed by atoms with E-state index in [1.54, 1.807) is 12.1 Å². The zero-order valence-electron chi connectivity index (χ0n) is 10.4. The second-order valence-electron chi connectivity index (χ2n) is 3.68. The number of rotatable bonds is 7. The Balaban J connectivity index is 2.81. The van der Waals surface area contributed by atoms with Crippen molar-refractivity contribution >= 4 is 26.0 Å². The first-order chi connectivity index (χ1) is 8.49. The van der Waals surface area contributed by atoms with Crippen LogP contribution in [-0.2, 0) is 10.0 Å². The molecule has 0 atom stereocenters. The lowest BCUT2D eigenvalue weighted by Gasteiger charge is -2.09. The number of halogens is 1. The van der Waals surface area contributed by atoms with Crippen molar-refractivity contribution in [1.29, 1.82) is 0 Å². The molecule has 0 saturated carbocycles. The van der Waals surface area contributed by atoms with Gasteiger partial charge in [0.25, 0.3) is 0 Å². The molecule has 0 heterocycles. The Kier molecular flexibility index (Phi) is 6.07. The SMILES string of the molecule is CNCCCNS(=O)(=O)c1cc(Br)cc(OC)c1. The van der Waals surface area contributed by atoms with Gasteiger partial charge in [-0.25, -0.2) is 13.1 Å². The summed E-state index contributed by atoms with van der Waals surface area (Å²) in [5, 5.41) is 2.96. The average Bonchev–Trinajstić information content (AvgIpc) is 2.34. The molecule has 0 aromatic heterocycles. The Hall–Kier alpha value is -0.630. The third-order valence-corrected chi connectivity index (χ3v) is 4.18. The Morgan fingerprint density at radius 1 is 1.28 bits per heavy atom. The van der Waals surface area contributed by atoms with E-state index in [1.807, 2.05) is 7.05 Å². The van der Waals surface area contributed by atoms with Gasteiger partial charge < -0.3 is 10.1 Å². The van der Waals surface area contributed by atoms with E-state index >= 15 is 0 Å². The maximum absolute atomic E-state index is 12.0. The van der Waals surface area contributed by atoms with Crippen LogP contribution in [-0.4, -0.2) is 35.7 Å². The molecule has 18 heavy (non-hydrogen) atoms. The number of methoxy groups -OCH3 is 1. The summed E-state index contributed by atoms with van der Waals surface area (Å²) in [5.41, 5.74) is 0. The summed E-state index contributed by atoms with van der Waals surface area (Å²) in [6.07, 6.45) is 0.737. The zero-order valence-corrected chi connectivity index (χ0v) is 12.8. The van der Waals surface area contributed by atoms with Gasteiger partial charge in [0.15, 0.2) is 0 Å². The van der Waals surface area contributed by atoms with E-state index in [1.165, 1.54) is 13.2 Å². The first-order valence-corrected chi connectivity index (χ1v) is 7.76. The van der Waals surface area contributed by atoms with Gasteiger partial charge in [-0.05, 0) is 32.1 Å². The van der Waals surface area contributed by atoms with E-state index in [2.05, 4.69) is 26.0 Å². The summed E-state index contributed by atoms with van der Waals surface area (Å²) in [4.78, 5) is 0.193. The number of nitrogens with one attached hydrogen (secondary N) is 2. The largest absolute Gasteiger partial charge is 0.497 e. The molecule has 0 amide bonds. The number of hydrogen-bond acceptors (Lipinski definition) is 4. The topological polar surface area (TPSA) is 67.4 Å². The highest BCUT2D eigenvalue weighted by Gasteiger charge is 2.15. The van der Waals surface area contributed by atoms with Gasteiger partial charge in [0, 0.05) is 17.1 Å². The van der Waals surface area contributed by atoms with Crippen molar-refractivity contribution in [3.63, 3.8) is 0 Å². The van der Waals surface area contributed by atoms with Crippen LogP contribution >= 0.6 is 15.9 Å². The minimum absolute atomic E-state index is 0.193. The number of sulfonamides is 1. The molecule has 0 aliphatic heterocycles. The second-order valence-corrected chi connectivity index (χ2v) is 6.36. The van der Waals surface area contributed by atoms with Crippen molar-refractivity contribution < 1.29 is 13.2 Å². The van der Waals surface area contributed by atoms with Crippen LogP contribution in [0.5, 0.6) is 5.75 Å². The van der Waals surface area contributed by atoms with Crippen LogP contribution in [0.3, 0.4) is 0 Å². The third kappa shape index (κ3) is 4.56. The van der Waals surface area contributed by atoms with Crippen LogP contribution in [0.2, 0.25) is 0 Å². The van der Waals surface area contributed by atoms with E-state index in [4.69, 9.17) is 4.74 Å². The fourth-order valence-electron chi connectivity index (χ4n) is 1.37. The quantitative estimate of drug-likeness (QED) is 0.737. The van der Waals surface area contributed by atoms with Crippen LogP contribution < -0.4 is 14.8 Å². The molecule has 102 valence electrons. The van der Waals surface area contributed by atoms with Gasteiger partial charge in [-0.15, -0.1) is 0 Å². The van der Waals surface area contributed by atoms with Gasteiger partial charge in [0.1, 0.15) is 5.75 Å². The lowest BCUT2D eigenvalue weighted by Crippen LogP contribution is -2.26. The van der Waals surface area contributed by atoms with Crippen LogP contribution in [0, 0.1) is 0 Å². The first-order valence-electron chi connectivity index (χ1n) is 5.48. The molecular formula is C11H17BrN2O3S. The Labute approximate surface area is 116 Å². The molecule has 1 aromatic carbocycles. The summed E-state index contributed by atoms with van der Waals surface area (Å²) in [6, 6.07) is 4.74. The fraction of sp³-hybridized carbons (Fsp3) is 0.455. The monoisotopic (exact) mass is 336 g/mol. The number of hydrogen-bond donors (Lipinski definition) is 2. The van der Waals surface area contributed by atoms with Crippen LogP contribution in [0.1, 0.15) is 6.42 Å². The minimum Gasteiger partial charge on any atom is -0.497 e. The number of benzene rings is 1. The summed E-state index contributed by atoms with van der Waals surface area (Å²) in [5.74, 6) is 0.500. The molecule has 0 aliphatic rings. The average molecular weight is 337 g/mol. The van der Waals surface area contributed by atoms with E-state index < -0.39 is 10.0 Å². The molecule has 1 aromatic rings. The predicted octanol–water partition coefficient (Wildman–Crippen LogP) is 1.35. The van der Waals surface area contributed by atoms with Gasteiger partial charge in [-0.1, -0.05) is 15.9 Å². The number of ether oxygens (including phenoxy) is 1. The molecule has 0 bridgehead atoms. The van der Waals surface area contributed by atoms with Crippen molar-refractivity contribution in [1.82, 2.24) is 10.0 Å². The molecule has 0 fully saturated rings. The summed E-state index contributed by atoms with van der Waals surface area (Å²) >= 11 is 3.26. The molecule has 7 heteroatoms.